The average molecular weight is 333 g/mol. The van der Waals surface area contributed by atoms with E-state index in [-0.39, 0.29) is 36.8 Å². The molecule has 0 aromatic heterocycles. The van der Waals surface area contributed by atoms with Crippen LogP contribution in [0.3, 0.4) is 0 Å². The van der Waals surface area contributed by atoms with E-state index in [9.17, 15) is 14.4 Å². The summed E-state index contributed by atoms with van der Waals surface area (Å²) in [5, 5.41) is 2.87. The molecule has 130 valence electrons. The minimum absolute atomic E-state index is 0.156. The predicted molar refractivity (Wildman–Crippen MR) is 88.2 cm³/mol. The van der Waals surface area contributed by atoms with Gasteiger partial charge < -0.3 is 21.5 Å². The summed E-state index contributed by atoms with van der Waals surface area (Å²) in [6.45, 7) is 0.169. The molecule has 0 aliphatic heterocycles. The summed E-state index contributed by atoms with van der Waals surface area (Å²) >= 11 is 0. The van der Waals surface area contributed by atoms with Crippen LogP contribution >= 0.6 is 0 Å². The van der Waals surface area contributed by atoms with Crippen molar-refractivity contribution in [2.75, 3.05) is 6.61 Å². The van der Waals surface area contributed by atoms with Crippen LogP contribution in [-0.4, -0.2) is 30.4 Å². The Morgan fingerprint density at radius 3 is 2.62 bits per heavy atom. The molecule has 2 rings (SSSR count). The van der Waals surface area contributed by atoms with Gasteiger partial charge in [0, 0.05) is 11.6 Å². The minimum Gasteiger partial charge on any atom is -0.493 e. The number of carbonyl (C=O) groups is 3. The molecule has 3 amide bonds. The Kier molecular flexibility index (Phi) is 6.17. The summed E-state index contributed by atoms with van der Waals surface area (Å²) in [6.07, 6.45) is 3.57. The maximum absolute atomic E-state index is 12.0. The van der Waals surface area contributed by atoms with E-state index in [2.05, 4.69) is 5.32 Å². The van der Waals surface area contributed by atoms with Gasteiger partial charge in [0.1, 0.15) is 5.75 Å². The highest BCUT2D eigenvalue weighted by molar-refractivity contribution is 5.93. The molecule has 0 spiro atoms. The standard InChI is InChI=1S/C17H23N3O4/c18-16(22)11-4-3-5-12(10-11)24-9-8-15(21)20-14-7-2-1-6-13(14)17(19)23/h3-5,10,13-14H,1-2,6-9H2,(H2,18,22)(H2,19,23)(H,20,21). The van der Waals surface area contributed by atoms with Crippen molar-refractivity contribution in [2.45, 2.75) is 38.1 Å². The summed E-state index contributed by atoms with van der Waals surface area (Å²) in [7, 11) is 0. The Morgan fingerprint density at radius 1 is 1.17 bits per heavy atom. The van der Waals surface area contributed by atoms with Crippen LogP contribution in [0.2, 0.25) is 0 Å². The molecule has 2 unspecified atom stereocenters. The van der Waals surface area contributed by atoms with Crippen molar-refractivity contribution >= 4 is 17.7 Å². The average Bonchev–Trinajstić information content (AvgIpc) is 2.55. The number of hydrogen-bond acceptors (Lipinski definition) is 4. The molecule has 1 aliphatic carbocycles. The van der Waals surface area contributed by atoms with Gasteiger partial charge in [-0.2, -0.15) is 0 Å². The molecule has 1 aliphatic rings. The molecule has 0 bridgehead atoms. The Balaban J connectivity index is 1.79. The van der Waals surface area contributed by atoms with Crippen molar-refractivity contribution in [1.29, 1.82) is 0 Å². The molecular formula is C17H23N3O4. The van der Waals surface area contributed by atoms with Gasteiger partial charge in [-0.05, 0) is 31.0 Å². The molecule has 0 radical (unpaired) electrons. The fourth-order valence-electron chi connectivity index (χ4n) is 2.92. The number of benzene rings is 1. The van der Waals surface area contributed by atoms with Gasteiger partial charge in [0.15, 0.2) is 0 Å². The third kappa shape index (κ3) is 4.97. The summed E-state index contributed by atoms with van der Waals surface area (Å²) < 4.78 is 5.47. The van der Waals surface area contributed by atoms with Gasteiger partial charge in [-0.1, -0.05) is 18.9 Å². The van der Waals surface area contributed by atoms with E-state index in [0.717, 1.165) is 25.7 Å². The Labute approximate surface area is 140 Å². The van der Waals surface area contributed by atoms with Gasteiger partial charge in [0.25, 0.3) is 0 Å². The van der Waals surface area contributed by atoms with Crippen LogP contribution in [-0.2, 0) is 9.59 Å². The maximum Gasteiger partial charge on any atom is 0.248 e. The zero-order valence-electron chi connectivity index (χ0n) is 13.5. The molecule has 1 fully saturated rings. The first-order chi connectivity index (χ1) is 11.5. The van der Waals surface area contributed by atoms with Crippen LogP contribution in [0.4, 0.5) is 0 Å². The monoisotopic (exact) mass is 333 g/mol. The molecule has 1 aromatic carbocycles. The number of rotatable bonds is 7. The van der Waals surface area contributed by atoms with Gasteiger partial charge in [-0.15, -0.1) is 0 Å². The minimum atomic E-state index is -0.534. The van der Waals surface area contributed by atoms with E-state index in [1.807, 2.05) is 0 Å². The van der Waals surface area contributed by atoms with E-state index in [4.69, 9.17) is 16.2 Å². The van der Waals surface area contributed by atoms with Crippen molar-refractivity contribution in [3.8, 4) is 5.75 Å². The number of primary amides is 2. The summed E-state index contributed by atoms with van der Waals surface area (Å²) in [5.74, 6) is -0.894. The van der Waals surface area contributed by atoms with Crippen molar-refractivity contribution in [2.24, 2.45) is 17.4 Å². The SMILES string of the molecule is NC(=O)c1cccc(OCCC(=O)NC2CCCCC2C(N)=O)c1. The van der Waals surface area contributed by atoms with Crippen LogP contribution in [0.25, 0.3) is 0 Å². The van der Waals surface area contributed by atoms with Crippen molar-refractivity contribution in [3.05, 3.63) is 29.8 Å². The van der Waals surface area contributed by atoms with Crippen LogP contribution in [0.5, 0.6) is 5.75 Å². The fourth-order valence-corrected chi connectivity index (χ4v) is 2.92. The lowest BCUT2D eigenvalue weighted by molar-refractivity contribution is -0.126. The Bertz CT molecular complexity index is 618. The van der Waals surface area contributed by atoms with E-state index in [1.165, 1.54) is 6.07 Å². The number of ether oxygens (including phenoxy) is 1. The lowest BCUT2D eigenvalue weighted by Gasteiger charge is -2.29. The first-order valence-electron chi connectivity index (χ1n) is 8.08. The summed E-state index contributed by atoms with van der Waals surface area (Å²) in [6, 6.07) is 6.28. The van der Waals surface area contributed by atoms with Gasteiger partial charge in [0.2, 0.25) is 17.7 Å². The molecule has 24 heavy (non-hydrogen) atoms. The molecule has 7 heteroatoms. The number of nitrogens with one attached hydrogen (secondary N) is 1. The first-order valence-corrected chi connectivity index (χ1v) is 8.08. The zero-order chi connectivity index (χ0) is 17.5. The maximum atomic E-state index is 12.0. The van der Waals surface area contributed by atoms with Crippen LogP contribution in [0.15, 0.2) is 24.3 Å². The third-order valence-corrected chi connectivity index (χ3v) is 4.19. The smallest absolute Gasteiger partial charge is 0.248 e. The van der Waals surface area contributed by atoms with Gasteiger partial charge >= 0.3 is 0 Å². The quantitative estimate of drug-likeness (QED) is 0.679. The van der Waals surface area contributed by atoms with E-state index in [1.54, 1.807) is 18.2 Å². The third-order valence-electron chi connectivity index (χ3n) is 4.19. The summed E-state index contributed by atoms with van der Waals surface area (Å²) in [5.41, 5.74) is 11.0. The topological polar surface area (TPSA) is 125 Å². The second-order valence-corrected chi connectivity index (χ2v) is 5.96. The molecule has 7 nitrogen and oxygen atoms in total. The predicted octanol–water partition coefficient (Wildman–Crippen LogP) is 0.715. The molecule has 2 atom stereocenters. The molecule has 0 saturated heterocycles. The number of nitrogens with two attached hydrogens (primary N) is 2. The number of amides is 3. The molecule has 0 heterocycles. The van der Waals surface area contributed by atoms with Gasteiger partial charge in [-0.25, -0.2) is 0 Å². The van der Waals surface area contributed by atoms with Crippen molar-refractivity contribution in [1.82, 2.24) is 5.32 Å². The van der Waals surface area contributed by atoms with E-state index >= 15 is 0 Å². The first kappa shape index (κ1) is 17.8. The molecule has 1 saturated carbocycles. The lowest BCUT2D eigenvalue weighted by atomic mass is 9.84. The second kappa shape index (κ2) is 8.33. The van der Waals surface area contributed by atoms with E-state index in [0.29, 0.717) is 11.3 Å². The second-order valence-electron chi connectivity index (χ2n) is 5.96. The Hall–Kier alpha value is -2.57. The highest BCUT2D eigenvalue weighted by Crippen LogP contribution is 2.24. The Morgan fingerprint density at radius 2 is 1.92 bits per heavy atom. The van der Waals surface area contributed by atoms with Crippen LogP contribution in [0.1, 0.15) is 42.5 Å². The molecule has 5 N–H and O–H groups in total. The number of hydrogen-bond donors (Lipinski definition) is 3. The van der Waals surface area contributed by atoms with Crippen LogP contribution in [0, 0.1) is 5.92 Å². The normalized spacial score (nSPS) is 20.2. The van der Waals surface area contributed by atoms with Crippen molar-refractivity contribution in [3.63, 3.8) is 0 Å². The highest BCUT2D eigenvalue weighted by atomic mass is 16.5. The zero-order valence-corrected chi connectivity index (χ0v) is 13.5. The molecule has 1 aromatic rings. The number of carbonyl (C=O) groups excluding carboxylic acids is 3. The van der Waals surface area contributed by atoms with Gasteiger partial charge in [-0.3, -0.25) is 14.4 Å². The lowest BCUT2D eigenvalue weighted by Crippen LogP contribution is -2.47. The van der Waals surface area contributed by atoms with E-state index < -0.39 is 5.91 Å². The largest absolute Gasteiger partial charge is 0.493 e. The van der Waals surface area contributed by atoms with Gasteiger partial charge in [0.05, 0.1) is 18.9 Å². The fraction of sp³-hybridized carbons (Fsp3) is 0.471. The molecular weight excluding hydrogens is 310 g/mol. The summed E-state index contributed by atoms with van der Waals surface area (Å²) in [4.78, 5) is 34.6. The van der Waals surface area contributed by atoms with Crippen molar-refractivity contribution < 1.29 is 19.1 Å². The highest BCUT2D eigenvalue weighted by Gasteiger charge is 2.30. The van der Waals surface area contributed by atoms with Crippen LogP contribution < -0.4 is 21.5 Å².